The lowest BCUT2D eigenvalue weighted by molar-refractivity contribution is 0.266. The molecule has 0 bridgehead atoms. The molecule has 0 radical (unpaired) electrons. The Morgan fingerprint density at radius 3 is 2.07 bits per heavy atom. The standard InChI is InChI=1S/C19H17BrCl3FO3/c20-18(24)7-10-26-15-11-16(22)19(17(23)12-15)27-9-2-1-8-25-14-5-3-13(21)4-6-14/h3-7,11-12H,1-2,8-10H2/b18-7+. The van der Waals surface area contributed by atoms with E-state index in [0.717, 1.165) is 18.6 Å². The number of rotatable bonds is 10. The molecule has 2 aromatic rings. The largest absolute Gasteiger partial charge is 0.494 e. The first-order valence-electron chi connectivity index (χ1n) is 8.10. The van der Waals surface area contributed by atoms with Gasteiger partial charge in [0.25, 0.3) is 0 Å². The minimum Gasteiger partial charge on any atom is -0.494 e. The molecule has 146 valence electrons. The predicted octanol–water partition coefficient (Wildman–Crippen LogP) is 7.47. The smallest absolute Gasteiger partial charge is 0.165 e. The van der Waals surface area contributed by atoms with E-state index in [0.29, 0.717) is 39.8 Å². The third-order valence-corrected chi connectivity index (χ3v) is 4.46. The molecule has 0 aliphatic rings. The first-order chi connectivity index (χ1) is 13.0. The number of hydrogen-bond donors (Lipinski definition) is 0. The Morgan fingerprint density at radius 1 is 0.889 bits per heavy atom. The van der Waals surface area contributed by atoms with Gasteiger partial charge in [0.2, 0.25) is 0 Å². The average Bonchev–Trinajstić information content (AvgIpc) is 2.61. The van der Waals surface area contributed by atoms with Gasteiger partial charge in [-0.15, -0.1) is 0 Å². The molecule has 0 aromatic heterocycles. The van der Waals surface area contributed by atoms with E-state index in [1.54, 1.807) is 24.3 Å². The van der Waals surface area contributed by atoms with Crippen LogP contribution in [0.4, 0.5) is 4.39 Å². The van der Waals surface area contributed by atoms with E-state index in [-0.39, 0.29) is 6.61 Å². The van der Waals surface area contributed by atoms with E-state index < -0.39 is 4.74 Å². The summed E-state index contributed by atoms with van der Waals surface area (Å²) >= 11 is 20.9. The van der Waals surface area contributed by atoms with E-state index in [4.69, 9.17) is 49.0 Å². The third kappa shape index (κ3) is 8.18. The van der Waals surface area contributed by atoms with Gasteiger partial charge in [-0.1, -0.05) is 34.8 Å². The highest BCUT2D eigenvalue weighted by Crippen LogP contribution is 2.37. The molecule has 0 saturated heterocycles. The zero-order valence-electron chi connectivity index (χ0n) is 14.2. The molecule has 3 nitrogen and oxygen atoms in total. The van der Waals surface area contributed by atoms with Gasteiger partial charge in [0.1, 0.15) is 18.1 Å². The molecule has 2 aromatic carbocycles. The second kappa shape index (κ2) is 11.6. The van der Waals surface area contributed by atoms with Gasteiger partial charge in [0, 0.05) is 17.2 Å². The van der Waals surface area contributed by atoms with Crippen LogP contribution < -0.4 is 14.2 Å². The van der Waals surface area contributed by atoms with Crippen molar-refractivity contribution < 1.29 is 18.6 Å². The summed E-state index contributed by atoms with van der Waals surface area (Å²) in [7, 11) is 0. The number of hydrogen-bond acceptors (Lipinski definition) is 3. The molecule has 8 heteroatoms. The van der Waals surface area contributed by atoms with Crippen LogP contribution in [0.3, 0.4) is 0 Å². The Kier molecular flexibility index (Phi) is 9.56. The third-order valence-electron chi connectivity index (χ3n) is 3.33. The molecular weight excluding hydrogens is 481 g/mol. The van der Waals surface area contributed by atoms with Crippen LogP contribution in [0.25, 0.3) is 0 Å². The van der Waals surface area contributed by atoms with E-state index in [9.17, 15) is 4.39 Å². The molecule has 0 aliphatic carbocycles. The predicted molar refractivity (Wildman–Crippen MR) is 112 cm³/mol. The number of benzene rings is 2. The van der Waals surface area contributed by atoms with Gasteiger partial charge in [0.05, 0.1) is 23.3 Å². The molecule has 0 aliphatic heterocycles. The molecule has 0 saturated carbocycles. The number of ether oxygens (including phenoxy) is 3. The van der Waals surface area contributed by atoms with Crippen molar-refractivity contribution in [2.45, 2.75) is 12.8 Å². The summed E-state index contributed by atoms with van der Waals surface area (Å²) in [5.41, 5.74) is 0. The maximum atomic E-state index is 12.6. The Labute approximate surface area is 181 Å². The second-order valence-electron chi connectivity index (χ2n) is 5.38. The van der Waals surface area contributed by atoms with Gasteiger partial charge in [-0.25, -0.2) is 0 Å². The molecule has 0 heterocycles. The van der Waals surface area contributed by atoms with Gasteiger partial charge < -0.3 is 14.2 Å². The lowest BCUT2D eigenvalue weighted by Gasteiger charge is -2.12. The Balaban J connectivity index is 1.73. The fourth-order valence-electron chi connectivity index (χ4n) is 2.06. The minimum atomic E-state index is -0.500. The van der Waals surface area contributed by atoms with Crippen molar-refractivity contribution >= 4 is 50.7 Å². The molecule has 27 heavy (non-hydrogen) atoms. The van der Waals surface area contributed by atoms with E-state index >= 15 is 0 Å². The maximum Gasteiger partial charge on any atom is 0.165 e. The monoisotopic (exact) mass is 496 g/mol. The van der Waals surface area contributed by atoms with Crippen molar-refractivity contribution in [2.24, 2.45) is 0 Å². The highest BCUT2D eigenvalue weighted by Gasteiger charge is 2.10. The fraction of sp³-hybridized carbons (Fsp3) is 0.263. The minimum absolute atomic E-state index is 0.0531. The van der Waals surface area contributed by atoms with Gasteiger partial charge in [-0.3, -0.25) is 0 Å². The van der Waals surface area contributed by atoms with Crippen molar-refractivity contribution in [3.8, 4) is 17.2 Å². The molecule has 0 spiro atoms. The Bertz CT molecular complexity index is 742. The quantitative estimate of drug-likeness (QED) is 0.318. The summed E-state index contributed by atoms with van der Waals surface area (Å²) in [4.78, 5) is 0. The zero-order chi connectivity index (χ0) is 19.6. The summed E-state index contributed by atoms with van der Waals surface area (Å²) in [6, 6.07) is 10.4. The van der Waals surface area contributed by atoms with Crippen molar-refractivity contribution in [3.05, 3.63) is 62.3 Å². The molecule has 0 N–H and O–H groups in total. The lowest BCUT2D eigenvalue weighted by atomic mass is 10.3. The molecule has 2 rings (SSSR count). The second-order valence-corrected chi connectivity index (χ2v) is 7.39. The SMILES string of the molecule is F/C(Br)=C/COc1cc(Cl)c(OCCCCOc2ccc(Cl)cc2)c(Cl)c1. The van der Waals surface area contributed by atoms with Crippen LogP contribution in [-0.4, -0.2) is 19.8 Å². The first kappa shape index (κ1) is 22.2. The molecule has 0 amide bonds. The molecule has 0 unspecified atom stereocenters. The van der Waals surface area contributed by atoms with Crippen LogP contribution in [0.1, 0.15) is 12.8 Å². The first-order valence-corrected chi connectivity index (χ1v) is 10.0. The van der Waals surface area contributed by atoms with Crippen LogP contribution >= 0.6 is 50.7 Å². The van der Waals surface area contributed by atoms with Crippen molar-refractivity contribution in [3.63, 3.8) is 0 Å². The van der Waals surface area contributed by atoms with Crippen LogP contribution in [0.15, 0.2) is 47.2 Å². The summed E-state index contributed by atoms with van der Waals surface area (Å²) in [5.74, 6) is 1.60. The normalized spacial score (nSPS) is 11.4. The Morgan fingerprint density at radius 2 is 1.48 bits per heavy atom. The molecule has 0 fully saturated rings. The summed E-state index contributed by atoms with van der Waals surface area (Å²) in [6.45, 7) is 1.07. The van der Waals surface area contributed by atoms with E-state index in [1.165, 1.54) is 6.08 Å². The van der Waals surface area contributed by atoms with Crippen LogP contribution in [-0.2, 0) is 0 Å². The van der Waals surface area contributed by atoms with Crippen molar-refractivity contribution in [1.29, 1.82) is 0 Å². The van der Waals surface area contributed by atoms with Crippen LogP contribution in [0.5, 0.6) is 17.2 Å². The highest BCUT2D eigenvalue weighted by molar-refractivity contribution is 9.11. The van der Waals surface area contributed by atoms with Crippen LogP contribution in [0.2, 0.25) is 15.1 Å². The topological polar surface area (TPSA) is 27.7 Å². The highest BCUT2D eigenvalue weighted by atomic mass is 79.9. The number of halogens is 5. The van der Waals surface area contributed by atoms with Crippen LogP contribution in [0, 0.1) is 0 Å². The summed E-state index contributed by atoms with van der Waals surface area (Å²) in [5, 5.41) is 1.34. The fourth-order valence-corrected chi connectivity index (χ4v) is 2.89. The van der Waals surface area contributed by atoms with Gasteiger partial charge >= 0.3 is 0 Å². The summed E-state index contributed by atoms with van der Waals surface area (Å²) < 4.78 is 28.7. The van der Waals surface area contributed by atoms with Gasteiger partial charge in [-0.05, 0) is 59.1 Å². The van der Waals surface area contributed by atoms with Gasteiger partial charge in [0.15, 0.2) is 10.5 Å². The van der Waals surface area contributed by atoms with E-state index in [2.05, 4.69) is 15.9 Å². The number of unbranched alkanes of at least 4 members (excludes halogenated alkanes) is 1. The molecule has 0 atom stereocenters. The average molecular weight is 499 g/mol. The zero-order valence-corrected chi connectivity index (χ0v) is 18.0. The molecular formula is C19H17BrCl3FO3. The Hall–Kier alpha value is -1.14. The lowest BCUT2D eigenvalue weighted by Crippen LogP contribution is -2.03. The van der Waals surface area contributed by atoms with E-state index in [1.807, 2.05) is 12.1 Å². The van der Waals surface area contributed by atoms with Crippen molar-refractivity contribution in [1.82, 2.24) is 0 Å². The summed E-state index contributed by atoms with van der Waals surface area (Å²) in [6.07, 6.45) is 2.82. The maximum absolute atomic E-state index is 12.6. The van der Waals surface area contributed by atoms with Crippen molar-refractivity contribution in [2.75, 3.05) is 19.8 Å². The van der Waals surface area contributed by atoms with Gasteiger partial charge in [-0.2, -0.15) is 4.39 Å².